The van der Waals surface area contributed by atoms with Crippen molar-refractivity contribution >= 4 is 77.5 Å². The van der Waals surface area contributed by atoms with E-state index in [9.17, 15) is 0 Å². The number of hydrogen-bond donors (Lipinski definition) is 0. The van der Waals surface area contributed by atoms with Gasteiger partial charge in [-0.15, -0.1) is 0 Å². The Hall–Kier alpha value is -7.49. The third-order valence-electron chi connectivity index (χ3n) is 15.6. The molecule has 5 radical (unpaired) electrons. The van der Waals surface area contributed by atoms with Gasteiger partial charge in [0.1, 0.15) is 0 Å². The molecular formula is C67H39Ge2. The van der Waals surface area contributed by atoms with E-state index in [0.717, 1.165) is 0 Å². The number of benzene rings is 12. The van der Waals surface area contributed by atoms with Gasteiger partial charge in [-0.1, -0.05) is 66.7 Å². The summed E-state index contributed by atoms with van der Waals surface area (Å²) in [6.07, 6.45) is 0. The quantitative estimate of drug-likeness (QED) is 0.122. The summed E-state index contributed by atoms with van der Waals surface area (Å²) in [5, 5.41) is 7.66. The van der Waals surface area contributed by atoms with Crippen LogP contribution in [-0.4, -0.2) is 31.9 Å². The summed E-state index contributed by atoms with van der Waals surface area (Å²) >= 11 is 1.79. The van der Waals surface area contributed by atoms with E-state index >= 15 is 0 Å². The first kappa shape index (κ1) is 39.5. The molecule has 0 nitrogen and oxygen atoms in total. The van der Waals surface area contributed by atoms with Crippen molar-refractivity contribution in [1.82, 2.24) is 0 Å². The predicted molar refractivity (Wildman–Crippen MR) is 293 cm³/mol. The molecule has 1 atom stereocenters. The molecule has 1 aliphatic heterocycles. The Morgan fingerprint density at radius 1 is 0.275 bits per heavy atom. The maximum atomic E-state index is 2.54. The van der Waals surface area contributed by atoms with Crippen LogP contribution in [0.1, 0.15) is 22.3 Å². The van der Waals surface area contributed by atoms with Crippen molar-refractivity contribution in [2.24, 2.45) is 0 Å². The zero-order chi connectivity index (χ0) is 45.4. The fourth-order valence-electron chi connectivity index (χ4n) is 12.9. The van der Waals surface area contributed by atoms with Gasteiger partial charge < -0.3 is 0 Å². The van der Waals surface area contributed by atoms with Crippen LogP contribution in [-0.2, 0) is 5.41 Å². The van der Waals surface area contributed by atoms with E-state index < -0.39 is 20.8 Å². The number of hydrogen-bond acceptors (Lipinski definition) is 0. The molecule has 0 saturated heterocycles. The summed E-state index contributed by atoms with van der Waals surface area (Å²) in [4.78, 5) is 0. The third kappa shape index (κ3) is 5.42. The first-order valence-corrected chi connectivity index (χ1v) is 27.1. The molecule has 1 heterocycles. The van der Waals surface area contributed by atoms with Crippen molar-refractivity contribution < 1.29 is 0 Å². The standard InChI is InChI=1S/C67H39Ge2/c68-60-34-11-7-22-47(60)43-20-4-3-19-42(43)44-25-13-27-49-55(44)39-56-45(48-29-16-36-62-65(48)53-24-8-12-35-61(53)69-62)26-14-28-50(56)63(49)54-30-15-33-59-64(54)52-23-6-10-32-58(52)67(59)57-31-9-5-21-46(57)51-38-37-40-17-1-2-18-41(40)66(51)67/h1-39H. The normalized spacial score (nSPS) is 14.7. The van der Waals surface area contributed by atoms with Gasteiger partial charge in [-0.05, 0) is 21.9 Å². The molecule has 315 valence electrons. The molecule has 12 aromatic carbocycles. The van der Waals surface area contributed by atoms with Crippen LogP contribution in [0.5, 0.6) is 0 Å². The van der Waals surface area contributed by atoms with E-state index in [-0.39, 0.29) is 0 Å². The van der Waals surface area contributed by atoms with Crippen molar-refractivity contribution in [2.75, 3.05) is 0 Å². The van der Waals surface area contributed by atoms with Gasteiger partial charge in [0.15, 0.2) is 0 Å². The second kappa shape index (κ2) is 15.0. The molecule has 0 saturated carbocycles. The molecular weight excluding hydrogens is 950 g/mol. The molecule has 0 bridgehead atoms. The number of fused-ring (bicyclic) bond motifs is 17. The number of rotatable bonds is 4. The van der Waals surface area contributed by atoms with Gasteiger partial charge >= 0.3 is 331 Å². The fourth-order valence-corrected chi connectivity index (χ4v) is 16.5. The van der Waals surface area contributed by atoms with Gasteiger partial charge in [-0.2, -0.15) is 0 Å². The predicted octanol–water partition coefficient (Wildman–Crippen LogP) is 14.6. The van der Waals surface area contributed by atoms with Crippen LogP contribution < -0.4 is 13.2 Å². The molecule has 0 amide bonds. The summed E-state index contributed by atoms with van der Waals surface area (Å²) in [5.74, 6) is 0. The minimum absolute atomic E-state index is 0.440. The van der Waals surface area contributed by atoms with Gasteiger partial charge in [0.2, 0.25) is 0 Å². The molecule has 15 rings (SSSR count). The molecule has 1 spiro atoms. The zero-order valence-electron chi connectivity index (χ0n) is 37.5. The van der Waals surface area contributed by atoms with Gasteiger partial charge in [-0.3, -0.25) is 0 Å². The van der Waals surface area contributed by atoms with Crippen LogP contribution in [0.15, 0.2) is 237 Å². The van der Waals surface area contributed by atoms with Crippen molar-refractivity contribution in [2.45, 2.75) is 5.41 Å². The summed E-state index contributed by atoms with van der Waals surface area (Å²) < 4.78 is 4.32. The molecule has 2 aliphatic carbocycles. The van der Waals surface area contributed by atoms with Crippen molar-refractivity contribution in [3.8, 4) is 77.9 Å². The van der Waals surface area contributed by atoms with Crippen LogP contribution in [0.2, 0.25) is 0 Å². The van der Waals surface area contributed by atoms with Crippen molar-refractivity contribution in [3.05, 3.63) is 259 Å². The molecule has 12 aromatic rings. The van der Waals surface area contributed by atoms with Crippen LogP contribution >= 0.6 is 0 Å². The average molecular weight is 989 g/mol. The summed E-state index contributed by atoms with van der Waals surface area (Å²) in [6, 6.07) is 90.2. The topological polar surface area (TPSA) is 0 Å². The van der Waals surface area contributed by atoms with E-state index in [4.69, 9.17) is 0 Å². The SMILES string of the molecule is [Ge][c]1ccccc1-c1ccccc1-c1cccc2c(-c3cccc4c3-c3ccccc3C43c4ccccc4-c4ccc5ccccc5c43)c3cccc(-c4ccc[c]5c4-c4cccc[c]4[Ge]5)c3cc12. The Labute approximate surface area is 416 Å². The molecule has 0 N–H and O–H groups in total. The monoisotopic (exact) mass is 991 g/mol. The summed E-state index contributed by atoms with van der Waals surface area (Å²) in [6.45, 7) is 0. The van der Waals surface area contributed by atoms with Gasteiger partial charge in [0.05, 0.1) is 0 Å². The first-order chi connectivity index (χ1) is 34.2. The molecule has 0 aromatic heterocycles. The first-order valence-electron chi connectivity index (χ1n) is 23.9. The Kier molecular flexibility index (Phi) is 8.59. The summed E-state index contributed by atoms with van der Waals surface area (Å²) in [7, 11) is 0. The van der Waals surface area contributed by atoms with Crippen LogP contribution in [0.4, 0.5) is 0 Å². The minimum atomic E-state index is -0.501. The van der Waals surface area contributed by atoms with Gasteiger partial charge in [0, 0.05) is 0 Å². The van der Waals surface area contributed by atoms with E-state index in [1.165, 1.54) is 146 Å². The van der Waals surface area contributed by atoms with E-state index in [1.807, 2.05) is 0 Å². The molecule has 0 fully saturated rings. The maximum absolute atomic E-state index is 2.54. The Morgan fingerprint density at radius 3 is 1.57 bits per heavy atom. The van der Waals surface area contributed by atoms with E-state index in [2.05, 4.69) is 253 Å². The van der Waals surface area contributed by atoms with E-state index in [0.29, 0.717) is 0 Å². The summed E-state index contributed by atoms with van der Waals surface area (Å²) in [5.41, 5.74) is 23.3. The van der Waals surface area contributed by atoms with Gasteiger partial charge in [-0.25, -0.2) is 0 Å². The van der Waals surface area contributed by atoms with Crippen molar-refractivity contribution in [1.29, 1.82) is 0 Å². The van der Waals surface area contributed by atoms with Crippen LogP contribution in [0.3, 0.4) is 0 Å². The molecule has 2 heteroatoms. The second-order valence-electron chi connectivity index (χ2n) is 18.8. The van der Waals surface area contributed by atoms with E-state index in [1.54, 1.807) is 0 Å². The average Bonchev–Trinajstić information content (AvgIpc) is 4.05. The van der Waals surface area contributed by atoms with Crippen LogP contribution in [0.25, 0.3) is 110 Å². The Balaban J connectivity index is 1.09. The molecule has 3 aliphatic rings. The Bertz CT molecular complexity index is 4200. The Morgan fingerprint density at radius 2 is 0.783 bits per heavy atom. The fraction of sp³-hybridized carbons (Fsp3) is 0.0149. The molecule has 69 heavy (non-hydrogen) atoms. The molecule has 1 unspecified atom stereocenters. The van der Waals surface area contributed by atoms with Gasteiger partial charge in [0.25, 0.3) is 0 Å². The second-order valence-corrected chi connectivity index (χ2v) is 22.7. The van der Waals surface area contributed by atoms with Crippen molar-refractivity contribution in [3.63, 3.8) is 0 Å². The third-order valence-corrected chi connectivity index (χ3v) is 19.4. The van der Waals surface area contributed by atoms with Crippen LogP contribution in [0, 0.1) is 0 Å². The zero-order valence-corrected chi connectivity index (χ0v) is 41.7.